The van der Waals surface area contributed by atoms with Gasteiger partial charge < -0.3 is 5.32 Å². The third kappa shape index (κ3) is 2.46. The Balaban J connectivity index is 1.59. The zero-order valence-corrected chi connectivity index (χ0v) is 7.05. The van der Waals surface area contributed by atoms with Gasteiger partial charge in [0.2, 0.25) is 0 Å². The number of nitrogens with zero attached hydrogens (tertiary/aromatic N) is 1. The largest absolute Gasteiger partial charge is 0.314 e. The molecule has 1 aliphatic heterocycles. The van der Waals surface area contributed by atoms with Gasteiger partial charge in [0.25, 0.3) is 0 Å². The minimum Gasteiger partial charge on any atom is -0.314 e. The van der Waals surface area contributed by atoms with E-state index < -0.39 is 0 Å². The zero-order chi connectivity index (χ0) is 7.52. The summed E-state index contributed by atoms with van der Waals surface area (Å²) in [6.07, 6.45) is 5.47. The van der Waals surface area contributed by atoms with Gasteiger partial charge in [-0.05, 0) is 38.1 Å². The van der Waals surface area contributed by atoms with Crippen molar-refractivity contribution in [1.82, 2.24) is 10.6 Å². The van der Waals surface area contributed by atoms with Crippen LogP contribution in [0.15, 0.2) is 0 Å². The maximum absolute atomic E-state index is 4.34. The van der Waals surface area contributed by atoms with Crippen LogP contribution in [0.1, 0.15) is 25.7 Å². The number of rotatable bonds is 3. The van der Waals surface area contributed by atoms with Gasteiger partial charge in [-0.1, -0.05) is 0 Å². The van der Waals surface area contributed by atoms with Gasteiger partial charge in [-0.3, -0.25) is 0 Å². The van der Waals surface area contributed by atoms with E-state index in [-0.39, 0.29) is 0 Å². The van der Waals surface area contributed by atoms with Crippen molar-refractivity contribution in [2.45, 2.75) is 31.7 Å². The average molecular weight is 153 g/mol. The highest BCUT2D eigenvalue weighted by Crippen LogP contribution is 2.20. The molecule has 0 aromatic rings. The summed E-state index contributed by atoms with van der Waals surface area (Å²) in [6.45, 7) is 3.47. The maximum Gasteiger partial charge on any atom is 0.0136 e. The number of hydrogen-bond acceptors (Lipinski definition) is 1. The second-order valence-corrected chi connectivity index (χ2v) is 3.80. The molecule has 0 bridgehead atoms. The molecule has 1 N–H and O–H groups in total. The molecule has 2 aliphatic rings. The molecule has 1 heterocycles. The Morgan fingerprint density at radius 2 is 1.82 bits per heavy atom. The maximum atomic E-state index is 4.34. The van der Waals surface area contributed by atoms with E-state index in [1.54, 1.807) is 0 Å². The molecule has 1 radical (unpaired) electrons. The van der Waals surface area contributed by atoms with Crippen LogP contribution in [0.4, 0.5) is 0 Å². The van der Waals surface area contributed by atoms with Gasteiger partial charge in [0, 0.05) is 19.1 Å². The van der Waals surface area contributed by atoms with Gasteiger partial charge in [-0.2, -0.15) is 0 Å². The standard InChI is InChI=1S/C9H17N2/c1-2-9(1)11-7-8-3-5-10-6-4-8/h8-9,11H,1-7H2. The third-order valence-electron chi connectivity index (χ3n) is 2.66. The molecule has 0 amide bonds. The molecular formula is C9H17N2. The van der Waals surface area contributed by atoms with E-state index in [1.165, 1.54) is 32.2 Å². The first-order chi connectivity index (χ1) is 5.45. The minimum absolute atomic E-state index is 0.883. The van der Waals surface area contributed by atoms with Crippen LogP contribution < -0.4 is 10.6 Å². The molecule has 0 spiro atoms. The first kappa shape index (κ1) is 7.56. The average Bonchev–Trinajstić information content (AvgIpc) is 2.86. The fraction of sp³-hybridized carbons (Fsp3) is 1.00. The smallest absolute Gasteiger partial charge is 0.0136 e. The van der Waals surface area contributed by atoms with Crippen LogP contribution in [0.5, 0.6) is 0 Å². The van der Waals surface area contributed by atoms with Crippen LogP contribution in [-0.4, -0.2) is 25.7 Å². The van der Waals surface area contributed by atoms with Crippen molar-refractivity contribution < 1.29 is 0 Å². The SMILES string of the molecule is C1CC(CNC2CC2)CC[N]1. The highest BCUT2D eigenvalue weighted by Gasteiger charge is 2.22. The van der Waals surface area contributed by atoms with E-state index in [0.717, 1.165) is 25.0 Å². The van der Waals surface area contributed by atoms with Crippen molar-refractivity contribution in [3.63, 3.8) is 0 Å². The van der Waals surface area contributed by atoms with Crippen molar-refractivity contribution in [3.05, 3.63) is 0 Å². The van der Waals surface area contributed by atoms with Crippen molar-refractivity contribution >= 4 is 0 Å². The Morgan fingerprint density at radius 3 is 2.45 bits per heavy atom. The van der Waals surface area contributed by atoms with Gasteiger partial charge >= 0.3 is 0 Å². The van der Waals surface area contributed by atoms with Crippen LogP contribution in [0.25, 0.3) is 0 Å². The molecule has 2 rings (SSSR count). The van der Waals surface area contributed by atoms with Crippen LogP contribution in [-0.2, 0) is 0 Å². The second kappa shape index (κ2) is 3.55. The van der Waals surface area contributed by atoms with Crippen molar-refractivity contribution in [1.29, 1.82) is 0 Å². The normalized spacial score (nSPS) is 27.3. The Kier molecular flexibility index (Phi) is 2.44. The Bertz CT molecular complexity index is 115. The van der Waals surface area contributed by atoms with Crippen molar-refractivity contribution in [3.8, 4) is 0 Å². The van der Waals surface area contributed by atoms with Crippen molar-refractivity contribution in [2.24, 2.45) is 5.92 Å². The molecular weight excluding hydrogens is 136 g/mol. The summed E-state index contributed by atoms with van der Waals surface area (Å²) < 4.78 is 0. The summed E-state index contributed by atoms with van der Waals surface area (Å²) in [5.41, 5.74) is 0. The summed E-state index contributed by atoms with van der Waals surface area (Å²) in [4.78, 5) is 0. The lowest BCUT2D eigenvalue weighted by atomic mass is 9.98. The first-order valence-electron chi connectivity index (χ1n) is 4.82. The van der Waals surface area contributed by atoms with Crippen LogP contribution in [0.3, 0.4) is 0 Å². The zero-order valence-electron chi connectivity index (χ0n) is 7.05. The summed E-state index contributed by atoms with van der Waals surface area (Å²) in [7, 11) is 0. The molecule has 0 aromatic carbocycles. The lowest BCUT2D eigenvalue weighted by Crippen LogP contribution is -2.31. The van der Waals surface area contributed by atoms with E-state index in [4.69, 9.17) is 0 Å². The summed E-state index contributed by atoms with van der Waals surface area (Å²) in [5, 5.41) is 7.93. The molecule has 1 saturated heterocycles. The van der Waals surface area contributed by atoms with Crippen LogP contribution in [0, 0.1) is 5.92 Å². The fourth-order valence-corrected chi connectivity index (χ4v) is 1.63. The second-order valence-electron chi connectivity index (χ2n) is 3.80. The molecule has 0 atom stereocenters. The Hall–Kier alpha value is -0.0800. The fourth-order valence-electron chi connectivity index (χ4n) is 1.63. The van der Waals surface area contributed by atoms with Crippen molar-refractivity contribution in [2.75, 3.05) is 19.6 Å². The molecule has 2 fully saturated rings. The van der Waals surface area contributed by atoms with Crippen LogP contribution >= 0.6 is 0 Å². The van der Waals surface area contributed by atoms with Gasteiger partial charge in [0.05, 0.1) is 0 Å². The topological polar surface area (TPSA) is 26.1 Å². The summed E-state index contributed by atoms with van der Waals surface area (Å²) in [6, 6.07) is 0.883. The van der Waals surface area contributed by atoms with E-state index >= 15 is 0 Å². The number of nitrogens with one attached hydrogen (secondary N) is 1. The molecule has 63 valence electrons. The minimum atomic E-state index is 0.883. The molecule has 2 heteroatoms. The molecule has 11 heavy (non-hydrogen) atoms. The van der Waals surface area contributed by atoms with Gasteiger partial charge in [0.15, 0.2) is 0 Å². The lowest BCUT2D eigenvalue weighted by Gasteiger charge is -2.21. The van der Waals surface area contributed by atoms with Gasteiger partial charge in [0.1, 0.15) is 0 Å². The van der Waals surface area contributed by atoms with E-state index in [9.17, 15) is 0 Å². The quantitative estimate of drug-likeness (QED) is 0.636. The first-order valence-corrected chi connectivity index (χ1v) is 4.82. The number of piperidine rings is 1. The predicted molar refractivity (Wildman–Crippen MR) is 45.6 cm³/mol. The highest BCUT2D eigenvalue weighted by atomic mass is 15.0. The van der Waals surface area contributed by atoms with Crippen LogP contribution in [0.2, 0.25) is 0 Å². The molecule has 1 saturated carbocycles. The molecule has 2 nitrogen and oxygen atoms in total. The molecule has 1 aliphatic carbocycles. The monoisotopic (exact) mass is 153 g/mol. The predicted octanol–water partition coefficient (Wildman–Crippen LogP) is 0.753. The Morgan fingerprint density at radius 1 is 1.09 bits per heavy atom. The summed E-state index contributed by atoms with van der Waals surface area (Å²) >= 11 is 0. The lowest BCUT2D eigenvalue weighted by molar-refractivity contribution is 0.352. The van der Waals surface area contributed by atoms with E-state index in [2.05, 4.69) is 10.6 Å². The third-order valence-corrected chi connectivity index (χ3v) is 2.66. The number of hydrogen-bond donors (Lipinski definition) is 1. The molecule has 0 aromatic heterocycles. The summed E-state index contributed by atoms with van der Waals surface area (Å²) in [5.74, 6) is 0.924. The van der Waals surface area contributed by atoms with E-state index in [1.807, 2.05) is 0 Å². The van der Waals surface area contributed by atoms with Gasteiger partial charge in [-0.25, -0.2) is 5.32 Å². The molecule has 0 unspecified atom stereocenters. The Labute approximate surface area is 68.7 Å². The van der Waals surface area contributed by atoms with E-state index in [0.29, 0.717) is 0 Å². The highest BCUT2D eigenvalue weighted by molar-refractivity contribution is 4.82. The van der Waals surface area contributed by atoms with Gasteiger partial charge in [-0.15, -0.1) is 0 Å².